The van der Waals surface area contributed by atoms with Gasteiger partial charge in [-0.1, -0.05) is 36.4 Å². The molecule has 0 fully saturated rings. The van der Waals surface area contributed by atoms with Crippen molar-refractivity contribution in [1.82, 2.24) is 5.32 Å². The number of carbonyl (C=O) groups excluding carboxylic acids is 1. The maximum atomic E-state index is 13.3. The Morgan fingerprint density at radius 2 is 1.72 bits per heavy atom. The van der Waals surface area contributed by atoms with Crippen LogP contribution in [-0.2, 0) is 6.42 Å². The lowest BCUT2D eigenvalue weighted by molar-refractivity contribution is 0.0933. The summed E-state index contributed by atoms with van der Waals surface area (Å²) in [5.41, 5.74) is 2.47. The minimum atomic E-state index is -0.280. The fourth-order valence-electron chi connectivity index (χ4n) is 3.73. The first-order valence-electron chi connectivity index (χ1n) is 10.6. The van der Waals surface area contributed by atoms with E-state index in [-0.39, 0.29) is 11.9 Å². The molecule has 1 aliphatic rings. The van der Waals surface area contributed by atoms with Crippen molar-refractivity contribution in [3.63, 3.8) is 0 Å². The molecule has 166 valence electrons. The van der Waals surface area contributed by atoms with Crippen molar-refractivity contribution in [3.8, 4) is 23.0 Å². The summed E-state index contributed by atoms with van der Waals surface area (Å²) in [5.74, 6) is 2.26. The zero-order valence-corrected chi connectivity index (χ0v) is 18.3. The lowest BCUT2D eigenvalue weighted by Crippen LogP contribution is -2.30. The van der Waals surface area contributed by atoms with E-state index in [1.807, 2.05) is 48.5 Å². The molecular formula is C26H27NO5. The van der Waals surface area contributed by atoms with Gasteiger partial charge in [-0.15, -0.1) is 0 Å². The summed E-state index contributed by atoms with van der Waals surface area (Å²) in [6.07, 6.45) is 1.46. The number of fused-ring (bicyclic) bond motifs is 1. The van der Waals surface area contributed by atoms with Gasteiger partial charge in [0, 0.05) is 6.42 Å². The molecule has 1 N–H and O–H groups in total. The van der Waals surface area contributed by atoms with Crippen LogP contribution in [0, 0.1) is 0 Å². The predicted molar refractivity (Wildman–Crippen MR) is 122 cm³/mol. The summed E-state index contributed by atoms with van der Waals surface area (Å²) in [5, 5.41) is 3.18. The predicted octanol–water partition coefficient (Wildman–Crippen LogP) is 4.58. The van der Waals surface area contributed by atoms with E-state index >= 15 is 0 Å². The van der Waals surface area contributed by atoms with Gasteiger partial charge in [0.1, 0.15) is 11.5 Å². The van der Waals surface area contributed by atoms with Gasteiger partial charge in [0.15, 0.2) is 11.5 Å². The molecule has 32 heavy (non-hydrogen) atoms. The molecule has 1 aliphatic heterocycles. The molecule has 4 rings (SSSR count). The number of carbonyl (C=O) groups is 1. The van der Waals surface area contributed by atoms with Gasteiger partial charge in [-0.25, -0.2) is 0 Å². The number of hydrogen-bond donors (Lipinski definition) is 1. The fourth-order valence-corrected chi connectivity index (χ4v) is 3.73. The average molecular weight is 434 g/mol. The zero-order valence-electron chi connectivity index (χ0n) is 18.3. The van der Waals surface area contributed by atoms with E-state index in [1.165, 1.54) is 0 Å². The van der Waals surface area contributed by atoms with Crippen LogP contribution in [-0.4, -0.2) is 33.3 Å². The van der Waals surface area contributed by atoms with E-state index in [2.05, 4.69) is 5.32 Å². The number of nitrogens with one attached hydrogen (secondary N) is 1. The minimum Gasteiger partial charge on any atom is -0.497 e. The summed E-state index contributed by atoms with van der Waals surface area (Å²) in [4.78, 5) is 13.3. The van der Waals surface area contributed by atoms with E-state index < -0.39 is 0 Å². The molecule has 1 unspecified atom stereocenters. The van der Waals surface area contributed by atoms with Crippen molar-refractivity contribution >= 4 is 5.91 Å². The summed E-state index contributed by atoms with van der Waals surface area (Å²) in [7, 11) is 3.11. The Bertz CT molecular complexity index is 1070. The molecular weight excluding hydrogens is 406 g/mol. The second-order valence-corrected chi connectivity index (χ2v) is 7.54. The summed E-state index contributed by atoms with van der Waals surface area (Å²) < 4.78 is 22.3. The smallest absolute Gasteiger partial charge is 0.255 e. The quantitative estimate of drug-likeness (QED) is 0.591. The Balaban J connectivity index is 1.66. The summed E-state index contributed by atoms with van der Waals surface area (Å²) in [6, 6.07) is 20.8. The summed E-state index contributed by atoms with van der Waals surface area (Å²) >= 11 is 0. The van der Waals surface area contributed by atoms with Crippen LogP contribution in [0.3, 0.4) is 0 Å². The fraction of sp³-hybridized carbons (Fsp3) is 0.269. The van der Waals surface area contributed by atoms with Gasteiger partial charge in [-0.05, 0) is 47.9 Å². The molecule has 6 heteroatoms. The lowest BCUT2D eigenvalue weighted by Gasteiger charge is -2.21. The molecule has 0 radical (unpaired) electrons. The van der Waals surface area contributed by atoms with Crippen LogP contribution in [0.15, 0.2) is 66.7 Å². The van der Waals surface area contributed by atoms with E-state index in [1.54, 1.807) is 32.4 Å². The molecule has 1 amide bonds. The van der Waals surface area contributed by atoms with Crippen LogP contribution in [0.5, 0.6) is 23.0 Å². The lowest BCUT2D eigenvalue weighted by atomic mass is 9.97. The van der Waals surface area contributed by atoms with Crippen LogP contribution < -0.4 is 24.3 Å². The Morgan fingerprint density at radius 1 is 0.938 bits per heavy atom. The Kier molecular flexibility index (Phi) is 6.80. The van der Waals surface area contributed by atoms with Crippen molar-refractivity contribution < 1.29 is 23.7 Å². The molecule has 0 bridgehead atoms. The number of hydrogen-bond acceptors (Lipinski definition) is 5. The van der Waals surface area contributed by atoms with Crippen LogP contribution in [0.1, 0.15) is 33.9 Å². The van der Waals surface area contributed by atoms with Gasteiger partial charge in [-0.3, -0.25) is 4.79 Å². The molecule has 0 saturated carbocycles. The van der Waals surface area contributed by atoms with Gasteiger partial charge < -0.3 is 24.3 Å². The Hall–Kier alpha value is -3.67. The molecule has 3 aromatic rings. The molecule has 0 spiro atoms. The SMILES string of the molecule is COc1ccc(OC)c(C(=O)NC(Cc2ccccc2)c2ccc3c(c2)OCCCO3)c1. The van der Waals surface area contributed by atoms with Gasteiger partial charge in [0.25, 0.3) is 5.91 Å². The van der Waals surface area contributed by atoms with E-state index in [0.717, 1.165) is 23.3 Å². The monoisotopic (exact) mass is 433 g/mol. The van der Waals surface area contributed by atoms with Crippen molar-refractivity contribution in [1.29, 1.82) is 0 Å². The standard InChI is InChI=1S/C26H27NO5/c1-29-20-10-12-23(30-2)21(17-20)26(28)27-22(15-18-7-4-3-5-8-18)19-9-11-24-25(16-19)32-14-6-13-31-24/h3-5,7-12,16-17,22H,6,13-15H2,1-2H3,(H,27,28). The molecule has 3 aromatic carbocycles. The van der Waals surface area contributed by atoms with Crippen LogP contribution in [0.25, 0.3) is 0 Å². The number of methoxy groups -OCH3 is 2. The van der Waals surface area contributed by atoms with Crippen LogP contribution in [0.4, 0.5) is 0 Å². The molecule has 1 atom stereocenters. The maximum Gasteiger partial charge on any atom is 0.255 e. The van der Waals surface area contributed by atoms with Crippen LogP contribution in [0.2, 0.25) is 0 Å². The maximum absolute atomic E-state index is 13.3. The third kappa shape index (κ3) is 4.97. The van der Waals surface area contributed by atoms with Gasteiger partial charge in [-0.2, -0.15) is 0 Å². The Labute approximate surface area is 188 Å². The van der Waals surface area contributed by atoms with Crippen molar-refractivity contribution in [2.75, 3.05) is 27.4 Å². The van der Waals surface area contributed by atoms with Crippen molar-refractivity contribution in [2.24, 2.45) is 0 Å². The third-order valence-electron chi connectivity index (χ3n) is 5.41. The molecule has 6 nitrogen and oxygen atoms in total. The van der Waals surface area contributed by atoms with Crippen molar-refractivity contribution in [3.05, 3.63) is 83.4 Å². The minimum absolute atomic E-state index is 0.242. The largest absolute Gasteiger partial charge is 0.497 e. The topological polar surface area (TPSA) is 66.0 Å². The van der Waals surface area contributed by atoms with Gasteiger partial charge >= 0.3 is 0 Å². The number of ether oxygens (including phenoxy) is 4. The molecule has 0 aliphatic carbocycles. The second-order valence-electron chi connectivity index (χ2n) is 7.54. The zero-order chi connectivity index (χ0) is 22.3. The van der Waals surface area contributed by atoms with E-state index in [0.29, 0.717) is 42.4 Å². The number of rotatable bonds is 7. The second kappa shape index (κ2) is 10.1. The molecule has 0 saturated heterocycles. The average Bonchev–Trinajstić information content (AvgIpc) is 3.08. The van der Waals surface area contributed by atoms with E-state index in [9.17, 15) is 4.79 Å². The van der Waals surface area contributed by atoms with Gasteiger partial charge in [0.05, 0.1) is 39.0 Å². The molecule has 1 heterocycles. The van der Waals surface area contributed by atoms with E-state index in [4.69, 9.17) is 18.9 Å². The van der Waals surface area contributed by atoms with Crippen molar-refractivity contribution in [2.45, 2.75) is 18.9 Å². The van der Waals surface area contributed by atoms with Crippen LogP contribution >= 0.6 is 0 Å². The normalized spacial score (nSPS) is 13.6. The third-order valence-corrected chi connectivity index (χ3v) is 5.41. The highest BCUT2D eigenvalue weighted by atomic mass is 16.5. The number of amides is 1. The highest BCUT2D eigenvalue weighted by Crippen LogP contribution is 2.34. The first-order valence-corrected chi connectivity index (χ1v) is 10.6. The highest BCUT2D eigenvalue weighted by Gasteiger charge is 2.22. The first-order chi connectivity index (χ1) is 15.7. The van der Waals surface area contributed by atoms with Gasteiger partial charge in [0.2, 0.25) is 0 Å². The summed E-state index contributed by atoms with van der Waals surface area (Å²) in [6.45, 7) is 1.24. The number of benzene rings is 3. The first kappa shape index (κ1) is 21.6. The highest BCUT2D eigenvalue weighted by molar-refractivity contribution is 5.97. The Morgan fingerprint density at radius 3 is 2.47 bits per heavy atom. The molecule has 0 aromatic heterocycles.